The molecule has 2 aromatic heterocycles. The lowest BCUT2D eigenvalue weighted by Crippen LogP contribution is -2.36. The summed E-state index contributed by atoms with van der Waals surface area (Å²) in [5, 5.41) is 16.4. The van der Waals surface area contributed by atoms with Crippen molar-refractivity contribution in [2.24, 2.45) is 0 Å². The standard InChI is InChI=1S/C19H19N5O2S/c1-2-6-15-14(4-1)5-3-7-16(15)26-13-18-22-24-17(20-21-19(24)27-18)12-23-8-10-25-11-9-23/h1-7H,8-13H2. The molecule has 0 atom stereocenters. The third-order valence-electron chi connectivity index (χ3n) is 4.67. The van der Waals surface area contributed by atoms with E-state index < -0.39 is 0 Å². The van der Waals surface area contributed by atoms with E-state index in [1.807, 2.05) is 28.8 Å². The van der Waals surface area contributed by atoms with Gasteiger partial charge in [0.05, 0.1) is 19.8 Å². The summed E-state index contributed by atoms with van der Waals surface area (Å²) in [5.41, 5.74) is 0. The SMILES string of the molecule is c1ccc2c(OCc3nn4c(CN5CCOCC5)nnc4s3)cccc2c1. The second-order valence-electron chi connectivity index (χ2n) is 6.46. The molecule has 0 bridgehead atoms. The molecule has 1 fully saturated rings. The zero-order valence-electron chi connectivity index (χ0n) is 14.7. The maximum absolute atomic E-state index is 6.05. The maximum atomic E-state index is 6.05. The number of fused-ring (bicyclic) bond motifs is 2. The summed E-state index contributed by atoms with van der Waals surface area (Å²) >= 11 is 1.51. The maximum Gasteiger partial charge on any atom is 0.234 e. The van der Waals surface area contributed by atoms with E-state index in [-0.39, 0.29) is 0 Å². The molecule has 3 heterocycles. The first-order valence-electron chi connectivity index (χ1n) is 8.97. The highest BCUT2D eigenvalue weighted by molar-refractivity contribution is 7.16. The van der Waals surface area contributed by atoms with Gasteiger partial charge in [0, 0.05) is 18.5 Å². The minimum atomic E-state index is 0.416. The van der Waals surface area contributed by atoms with Crippen molar-refractivity contribution in [1.82, 2.24) is 24.7 Å². The third-order valence-corrected chi connectivity index (χ3v) is 5.54. The van der Waals surface area contributed by atoms with Crippen LogP contribution in [0.3, 0.4) is 0 Å². The van der Waals surface area contributed by atoms with Crippen LogP contribution in [0.5, 0.6) is 5.75 Å². The van der Waals surface area contributed by atoms with E-state index in [1.165, 1.54) is 16.7 Å². The lowest BCUT2D eigenvalue weighted by atomic mass is 10.1. The number of benzene rings is 2. The number of nitrogens with zero attached hydrogens (tertiary/aromatic N) is 5. The summed E-state index contributed by atoms with van der Waals surface area (Å²) < 4.78 is 13.3. The Kier molecular flexibility index (Phi) is 4.44. The lowest BCUT2D eigenvalue weighted by Gasteiger charge is -2.25. The number of aromatic nitrogens is 4. The van der Waals surface area contributed by atoms with Gasteiger partial charge in [0.2, 0.25) is 4.96 Å². The van der Waals surface area contributed by atoms with Crippen LogP contribution in [-0.4, -0.2) is 51.0 Å². The van der Waals surface area contributed by atoms with E-state index in [0.29, 0.717) is 6.61 Å². The van der Waals surface area contributed by atoms with Crippen LogP contribution in [0.4, 0.5) is 0 Å². The highest BCUT2D eigenvalue weighted by Crippen LogP contribution is 2.26. The van der Waals surface area contributed by atoms with Crippen molar-refractivity contribution >= 4 is 27.1 Å². The molecule has 4 aromatic rings. The average Bonchev–Trinajstić information content (AvgIpc) is 3.28. The van der Waals surface area contributed by atoms with Gasteiger partial charge in [-0.3, -0.25) is 4.90 Å². The van der Waals surface area contributed by atoms with Crippen molar-refractivity contribution in [3.8, 4) is 5.75 Å². The van der Waals surface area contributed by atoms with Crippen LogP contribution in [0.15, 0.2) is 42.5 Å². The predicted molar refractivity (Wildman–Crippen MR) is 103 cm³/mol. The first kappa shape index (κ1) is 16.6. The van der Waals surface area contributed by atoms with Crippen molar-refractivity contribution in [2.45, 2.75) is 13.2 Å². The normalized spacial score (nSPS) is 15.6. The van der Waals surface area contributed by atoms with Gasteiger partial charge in [-0.15, -0.1) is 10.2 Å². The van der Waals surface area contributed by atoms with Gasteiger partial charge >= 0.3 is 0 Å². The molecule has 0 spiro atoms. The van der Waals surface area contributed by atoms with Gasteiger partial charge in [0.1, 0.15) is 12.4 Å². The minimum Gasteiger partial charge on any atom is -0.486 e. The Balaban J connectivity index is 1.33. The topological polar surface area (TPSA) is 64.8 Å². The van der Waals surface area contributed by atoms with Crippen LogP contribution in [0.1, 0.15) is 10.8 Å². The summed E-state index contributed by atoms with van der Waals surface area (Å²) in [6.45, 7) is 4.51. The molecule has 2 aromatic carbocycles. The molecule has 27 heavy (non-hydrogen) atoms. The molecule has 7 nitrogen and oxygen atoms in total. The molecule has 0 N–H and O–H groups in total. The fourth-order valence-electron chi connectivity index (χ4n) is 3.27. The van der Waals surface area contributed by atoms with Crippen LogP contribution in [0.25, 0.3) is 15.7 Å². The van der Waals surface area contributed by atoms with E-state index in [4.69, 9.17) is 9.47 Å². The number of ether oxygens (including phenoxy) is 2. The zero-order valence-corrected chi connectivity index (χ0v) is 15.6. The average molecular weight is 381 g/mol. The van der Waals surface area contributed by atoms with E-state index in [2.05, 4.69) is 38.4 Å². The Morgan fingerprint density at radius 3 is 2.81 bits per heavy atom. The van der Waals surface area contributed by atoms with E-state index >= 15 is 0 Å². The van der Waals surface area contributed by atoms with Gasteiger partial charge in [0.15, 0.2) is 10.8 Å². The van der Waals surface area contributed by atoms with Crippen LogP contribution in [0, 0.1) is 0 Å². The fourth-order valence-corrected chi connectivity index (χ4v) is 4.04. The van der Waals surface area contributed by atoms with Crippen molar-refractivity contribution in [3.63, 3.8) is 0 Å². The molecule has 1 aliphatic heterocycles. The fraction of sp³-hybridized carbons (Fsp3) is 0.316. The summed E-state index contributed by atoms with van der Waals surface area (Å²) in [4.78, 5) is 3.11. The second-order valence-corrected chi connectivity index (χ2v) is 7.50. The first-order valence-corrected chi connectivity index (χ1v) is 9.79. The van der Waals surface area contributed by atoms with Crippen LogP contribution >= 0.6 is 11.3 Å². The van der Waals surface area contributed by atoms with Crippen LogP contribution < -0.4 is 4.74 Å². The molecule has 138 valence electrons. The smallest absolute Gasteiger partial charge is 0.234 e. The van der Waals surface area contributed by atoms with Gasteiger partial charge < -0.3 is 9.47 Å². The molecule has 0 radical (unpaired) electrons. The van der Waals surface area contributed by atoms with Crippen LogP contribution in [-0.2, 0) is 17.9 Å². The molecule has 5 rings (SSSR count). The molecule has 1 aliphatic rings. The van der Waals surface area contributed by atoms with E-state index in [1.54, 1.807) is 0 Å². The van der Waals surface area contributed by atoms with Crippen molar-refractivity contribution in [3.05, 3.63) is 53.3 Å². The second kappa shape index (κ2) is 7.22. The first-order chi connectivity index (χ1) is 13.4. The Morgan fingerprint density at radius 2 is 1.89 bits per heavy atom. The molecule has 0 amide bonds. The Labute approximate surface area is 160 Å². The number of hydrogen-bond acceptors (Lipinski definition) is 7. The molecule has 0 saturated carbocycles. The van der Waals surface area contributed by atoms with Crippen molar-refractivity contribution in [1.29, 1.82) is 0 Å². The number of hydrogen-bond donors (Lipinski definition) is 0. The molecular formula is C19H19N5O2S. The minimum absolute atomic E-state index is 0.416. The lowest BCUT2D eigenvalue weighted by molar-refractivity contribution is 0.0328. The van der Waals surface area contributed by atoms with Gasteiger partial charge in [-0.25, -0.2) is 0 Å². The highest BCUT2D eigenvalue weighted by Gasteiger charge is 2.17. The molecule has 8 heteroatoms. The summed E-state index contributed by atoms with van der Waals surface area (Å²) in [7, 11) is 0. The summed E-state index contributed by atoms with van der Waals surface area (Å²) in [6.07, 6.45) is 0. The monoisotopic (exact) mass is 381 g/mol. The van der Waals surface area contributed by atoms with Crippen molar-refractivity contribution < 1.29 is 9.47 Å². The molecular weight excluding hydrogens is 362 g/mol. The van der Waals surface area contributed by atoms with E-state index in [9.17, 15) is 0 Å². The number of morpholine rings is 1. The zero-order chi connectivity index (χ0) is 18.1. The third kappa shape index (κ3) is 3.39. The molecule has 0 unspecified atom stereocenters. The van der Waals surface area contributed by atoms with Gasteiger partial charge in [-0.1, -0.05) is 47.7 Å². The van der Waals surface area contributed by atoms with Gasteiger partial charge in [-0.2, -0.15) is 9.61 Å². The predicted octanol–water partition coefficient (Wildman–Crippen LogP) is 2.75. The highest BCUT2D eigenvalue weighted by atomic mass is 32.1. The molecule has 1 saturated heterocycles. The number of rotatable bonds is 5. The Hall–Kier alpha value is -2.55. The van der Waals surface area contributed by atoms with Gasteiger partial charge in [-0.05, 0) is 11.5 Å². The van der Waals surface area contributed by atoms with Crippen LogP contribution in [0.2, 0.25) is 0 Å². The van der Waals surface area contributed by atoms with Crippen molar-refractivity contribution in [2.75, 3.05) is 26.3 Å². The van der Waals surface area contributed by atoms with E-state index in [0.717, 1.165) is 59.8 Å². The largest absolute Gasteiger partial charge is 0.486 e. The van der Waals surface area contributed by atoms with Gasteiger partial charge in [0.25, 0.3) is 0 Å². The quantitative estimate of drug-likeness (QED) is 0.530. The Morgan fingerprint density at radius 1 is 1.04 bits per heavy atom. The summed E-state index contributed by atoms with van der Waals surface area (Å²) in [5.74, 6) is 1.73. The summed E-state index contributed by atoms with van der Waals surface area (Å²) in [6, 6.07) is 14.3. The Bertz CT molecular complexity index is 1070. The molecule has 0 aliphatic carbocycles.